The summed E-state index contributed by atoms with van der Waals surface area (Å²) < 4.78 is 1.29. The molecule has 0 atom stereocenters. The van der Waals surface area contributed by atoms with Gasteiger partial charge in [-0.2, -0.15) is 0 Å². The molecule has 0 unspecified atom stereocenters. The Balaban J connectivity index is 3.68. The molecule has 0 saturated heterocycles. The molecule has 84 valence electrons. The molecule has 0 heterocycles. The highest BCUT2D eigenvalue weighted by atomic mass is 79.9. The Morgan fingerprint density at radius 1 is 0.733 bits per heavy atom. The van der Waals surface area contributed by atoms with Gasteiger partial charge >= 0.3 is 0 Å². The first-order valence-electron chi connectivity index (χ1n) is 5.44. The molecule has 1 aromatic carbocycles. The van der Waals surface area contributed by atoms with E-state index in [4.69, 9.17) is 0 Å². The minimum atomic E-state index is 0.201. The highest BCUT2D eigenvalue weighted by molar-refractivity contribution is 9.10. The van der Waals surface area contributed by atoms with Crippen molar-refractivity contribution in [1.82, 2.24) is 0 Å². The van der Waals surface area contributed by atoms with Crippen molar-refractivity contribution >= 4 is 15.9 Å². The highest BCUT2D eigenvalue weighted by Crippen LogP contribution is 2.38. The van der Waals surface area contributed by atoms with E-state index < -0.39 is 0 Å². The monoisotopic (exact) mass is 268 g/mol. The van der Waals surface area contributed by atoms with E-state index in [0.717, 1.165) is 0 Å². The number of rotatable bonds is 0. The van der Waals surface area contributed by atoms with Gasteiger partial charge in [0.15, 0.2) is 0 Å². The lowest BCUT2D eigenvalue weighted by Crippen LogP contribution is -2.16. The fraction of sp³-hybridized carbons (Fsp3) is 0.571. The minimum absolute atomic E-state index is 0.201. The molecule has 0 amide bonds. The van der Waals surface area contributed by atoms with Gasteiger partial charge in [-0.3, -0.25) is 0 Å². The average molecular weight is 269 g/mol. The Hall–Kier alpha value is -0.300. The van der Waals surface area contributed by atoms with Gasteiger partial charge in [0.05, 0.1) is 0 Å². The lowest BCUT2D eigenvalue weighted by atomic mass is 9.80. The first-order valence-corrected chi connectivity index (χ1v) is 6.23. The van der Waals surface area contributed by atoms with Crippen LogP contribution >= 0.6 is 15.9 Å². The van der Waals surface area contributed by atoms with Crippen molar-refractivity contribution in [2.24, 2.45) is 0 Å². The van der Waals surface area contributed by atoms with E-state index in [9.17, 15) is 0 Å². The Bertz CT molecular complexity index is 366. The smallest absolute Gasteiger partial charge is 0.0247 e. The van der Waals surface area contributed by atoms with Gasteiger partial charge in [0.25, 0.3) is 0 Å². The molecular formula is C14H21Br. The second-order valence-corrected chi connectivity index (χ2v) is 6.23. The maximum Gasteiger partial charge on any atom is 0.0247 e. The van der Waals surface area contributed by atoms with Crippen LogP contribution in [0.4, 0.5) is 0 Å². The molecular weight excluding hydrogens is 248 g/mol. The van der Waals surface area contributed by atoms with E-state index in [1.54, 1.807) is 0 Å². The maximum absolute atomic E-state index is 3.75. The topological polar surface area (TPSA) is 0 Å². The molecule has 0 saturated carbocycles. The molecule has 0 aliphatic heterocycles. The Morgan fingerprint density at radius 3 is 1.53 bits per heavy atom. The quantitative estimate of drug-likeness (QED) is 0.623. The molecule has 0 bridgehead atoms. The van der Waals surface area contributed by atoms with Crippen LogP contribution in [-0.2, 0) is 5.41 Å². The van der Waals surface area contributed by atoms with Gasteiger partial charge in [-0.05, 0) is 60.9 Å². The highest BCUT2D eigenvalue weighted by Gasteiger charge is 2.23. The SMILES string of the molecule is Cc1c(C)c(C)c(C(C)(C)C)c(Br)c1C. The largest absolute Gasteiger partial charge is 0.0560 e. The molecule has 0 aliphatic rings. The number of benzene rings is 1. The molecule has 0 spiro atoms. The number of hydrogen-bond acceptors (Lipinski definition) is 0. The summed E-state index contributed by atoms with van der Waals surface area (Å²) in [6.07, 6.45) is 0. The second kappa shape index (κ2) is 3.93. The molecule has 0 nitrogen and oxygen atoms in total. The van der Waals surface area contributed by atoms with E-state index in [-0.39, 0.29) is 5.41 Å². The summed E-state index contributed by atoms with van der Waals surface area (Å²) in [5.41, 5.74) is 7.29. The van der Waals surface area contributed by atoms with Crippen molar-refractivity contribution < 1.29 is 0 Å². The molecule has 0 aromatic heterocycles. The van der Waals surface area contributed by atoms with Gasteiger partial charge in [-0.25, -0.2) is 0 Å². The van der Waals surface area contributed by atoms with Crippen LogP contribution in [0.5, 0.6) is 0 Å². The summed E-state index contributed by atoms with van der Waals surface area (Å²) in [5, 5.41) is 0. The van der Waals surface area contributed by atoms with E-state index >= 15 is 0 Å². The zero-order valence-corrected chi connectivity index (χ0v) is 12.5. The summed E-state index contributed by atoms with van der Waals surface area (Å²) >= 11 is 3.75. The van der Waals surface area contributed by atoms with Gasteiger partial charge < -0.3 is 0 Å². The van der Waals surface area contributed by atoms with Gasteiger partial charge in [0.2, 0.25) is 0 Å². The van der Waals surface area contributed by atoms with Crippen molar-refractivity contribution in [1.29, 1.82) is 0 Å². The normalized spacial score (nSPS) is 12.0. The molecule has 1 heteroatoms. The first kappa shape index (κ1) is 12.8. The first-order chi connectivity index (χ1) is 6.68. The van der Waals surface area contributed by atoms with Gasteiger partial charge in [0, 0.05) is 4.47 Å². The summed E-state index contributed by atoms with van der Waals surface area (Å²) in [6, 6.07) is 0. The molecule has 0 N–H and O–H groups in total. The van der Waals surface area contributed by atoms with E-state index in [0.29, 0.717) is 0 Å². The zero-order valence-electron chi connectivity index (χ0n) is 10.9. The van der Waals surface area contributed by atoms with E-state index in [1.807, 2.05) is 0 Å². The van der Waals surface area contributed by atoms with Gasteiger partial charge in [-0.15, -0.1) is 0 Å². The van der Waals surface area contributed by atoms with Crippen LogP contribution in [0.2, 0.25) is 0 Å². The summed E-state index contributed by atoms with van der Waals surface area (Å²) in [4.78, 5) is 0. The summed E-state index contributed by atoms with van der Waals surface area (Å²) in [5.74, 6) is 0. The fourth-order valence-corrected chi connectivity index (χ4v) is 3.35. The Labute approximate surface area is 102 Å². The van der Waals surface area contributed by atoms with Crippen LogP contribution in [0, 0.1) is 27.7 Å². The minimum Gasteiger partial charge on any atom is -0.0560 e. The van der Waals surface area contributed by atoms with Crippen molar-refractivity contribution in [2.75, 3.05) is 0 Å². The molecule has 1 rings (SSSR count). The predicted molar refractivity (Wildman–Crippen MR) is 71.8 cm³/mol. The molecule has 0 fully saturated rings. The third-order valence-electron chi connectivity index (χ3n) is 3.36. The number of hydrogen-bond donors (Lipinski definition) is 0. The molecule has 0 radical (unpaired) electrons. The third kappa shape index (κ3) is 2.13. The van der Waals surface area contributed by atoms with Gasteiger partial charge in [-0.1, -0.05) is 36.7 Å². The lowest BCUT2D eigenvalue weighted by Gasteiger charge is -2.27. The number of halogens is 1. The standard InChI is InChI=1S/C14H21Br/c1-8-9(2)11(4)13(15)12(10(8)3)14(5,6)7/h1-7H3. The van der Waals surface area contributed by atoms with Crippen LogP contribution < -0.4 is 0 Å². The van der Waals surface area contributed by atoms with E-state index in [2.05, 4.69) is 64.4 Å². The van der Waals surface area contributed by atoms with Gasteiger partial charge in [0.1, 0.15) is 0 Å². The summed E-state index contributed by atoms with van der Waals surface area (Å²) in [7, 11) is 0. The molecule has 1 aromatic rings. The predicted octanol–water partition coefficient (Wildman–Crippen LogP) is 4.98. The van der Waals surface area contributed by atoms with Crippen molar-refractivity contribution in [3.63, 3.8) is 0 Å². The van der Waals surface area contributed by atoms with E-state index in [1.165, 1.54) is 32.3 Å². The van der Waals surface area contributed by atoms with Crippen molar-refractivity contribution in [3.05, 3.63) is 32.3 Å². The third-order valence-corrected chi connectivity index (χ3v) is 4.35. The second-order valence-electron chi connectivity index (χ2n) is 5.44. The van der Waals surface area contributed by atoms with Crippen LogP contribution in [0.3, 0.4) is 0 Å². The Kier molecular flexibility index (Phi) is 3.35. The van der Waals surface area contributed by atoms with Crippen LogP contribution in [0.15, 0.2) is 4.47 Å². The molecule has 0 aliphatic carbocycles. The maximum atomic E-state index is 3.75. The Morgan fingerprint density at radius 2 is 1.13 bits per heavy atom. The van der Waals surface area contributed by atoms with Crippen LogP contribution in [-0.4, -0.2) is 0 Å². The zero-order chi connectivity index (χ0) is 12.0. The molecule has 15 heavy (non-hydrogen) atoms. The van der Waals surface area contributed by atoms with Crippen LogP contribution in [0.25, 0.3) is 0 Å². The fourth-order valence-electron chi connectivity index (χ4n) is 2.16. The summed E-state index contributed by atoms with van der Waals surface area (Å²) in [6.45, 7) is 15.7. The van der Waals surface area contributed by atoms with Crippen LogP contribution in [0.1, 0.15) is 48.6 Å². The van der Waals surface area contributed by atoms with Crippen molar-refractivity contribution in [3.8, 4) is 0 Å². The average Bonchev–Trinajstić information content (AvgIpc) is 2.09. The van der Waals surface area contributed by atoms with Crippen molar-refractivity contribution in [2.45, 2.75) is 53.9 Å². The lowest BCUT2D eigenvalue weighted by molar-refractivity contribution is 0.581.